The first-order chi connectivity index (χ1) is 9.08. The van der Waals surface area contributed by atoms with Crippen LogP contribution in [-0.2, 0) is 0 Å². The Hall–Kier alpha value is -0.0800. The Morgan fingerprint density at radius 3 is 2.47 bits per heavy atom. The fourth-order valence-electron chi connectivity index (χ4n) is 6.64. The summed E-state index contributed by atoms with van der Waals surface area (Å²) >= 11 is 0. The molecule has 4 saturated carbocycles. The smallest absolute Gasteiger partial charge is 0.0575 e. The molecular formula is C17H28O2. The van der Waals surface area contributed by atoms with E-state index in [2.05, 4.69) is 6.92 Å². The lowest BCUT2D eigenvalue weighted by molar-refractivity contribution is -0.0833. The van der Waals surface area contributed by atoms with Gasteiger partial charge in [0.1, 0.15) is 0 Å². The number of hydrogen-bond acceptors (Lipinski definition) is 2. The topological polar surface area (TPSA) is 40.5 Å². The molecule has 4 aliphatic rings. The van der Waals surface area contributed by atoms with E-state index >= 15 is 0 Å². The fraction of sp³-hybridized carbons (Fsp3) is 1.00. The predicted molar refractivity (Wildman–Crippen MR) is 74.5 cm³/mol. The molecule has 0 radical (unpaired) electrons. The quantitative estimate of drug-likeness (QED) is 0.706. The maximum absolute atomic E-state index is 10.5. The Bertz CT molecular complexity index is 368. The zero-order valence-electron chi connectivity index (χ0n) is 12.1. The highest BCUT2D eigenvalue weighted by Gasteiger charge is 2.56. The van der Waals surface area contributed by atoms with Crippen molar-refractivity contribution in [1.29, 1.82) is 0 Å². The van der Waals surface area contributed by atoms with Crippen LogP contribution >= 0.6 is 0 Å². The van der Waals surface area contributed by atoms with Crippen molar-refractivity contribution in [3.63, 3.8) is 0 Å². The Balaban J connectivity index is 1.63. The molecular weight excluding hydrogens is 236 g/mol. The second kappa shape index (κ2) is 4.21. The van der Waals surface area contributed by atoms with E-state index in [0.717, 1.165) is 37.0 Å². The van der Waals surface area contributed by atoms with Crippen LogP contribution in [0.3, 0.4) is 0 Å². The lowest BCUT2D eigenvalue weighted by Gasteiger charge is -2.53. The molecule has 0 aromatic rings. The van der Waals surface area contributed by atoms with Crippen LogP contribution in [0.2, 0.25) is 0 Å². The minimum atomic E-state index is -0.139. The van der Waals surface area contributed by atoms with Gasteiger partial charge >= 0.3 is 0 Å². The van der Waals surface area contributed by atoms with E-state index in [1.165, 1.54) is 32.1 Å². The number of aliphatic hydroxyl groups is 2. The number of hydrogen-bond donors (Lipinski definition) is 2. The molecule has 0 aromatic heterocycles. The Labute approximate surface area is 116 Å². The van der Waals surface area contributed by atoms with Crippen LogP contribution in [-0.4, -0.2) is 22.4 Å². The van der Waals surface area contributed by atoms with Gasteiger partial charge in [-0.1, -0.05) is 13.3 Å². The molecule has 19 heavy (non-hydrogen) atoms. The van der Waals surface area contributed by atoms with Crippen LogP contribution in [0.25, 0.3) is 0 Å². The van der Waals surface area contributed by atoms with Gasteiger partial charge in [0.05, 0.1) is 12.2 Å². The van der Waals surface area contributed by atoms with E-state index in [1.54, 1.807) is 0 Å². The molecule has 0 bridgehead atoms. The molecule has 4 fully saturated rings. The van der Waals surface area contributed by atoms with Gasteiger partial charge in [-0.15, -0.1) is 0 Å². The number of fused-ring (bicyclic) bond motifs is 5. The van der Waals surface area contributed by atoms with E-state index in [-0.39, 0.29) is 12.2 Å². The summed E-state index contributed by atoms with van der Waals surface area (Å²) in [5.74, 6) is 3.44. The van der Waals surface area contributed by atoms with E-state index < -0.39 is 0 Å². The molecule has 108 valence electrons. The monoisotopic (exact) mass is 264 g/mol. The van der Waals surface area contributed by atoms with Gasteiger partial charge in [-0.05, 0) is 80.0 Å². The van der Waals surface area contributed by atoms with Crippen molar-refractivity contribution in [3.05, 3.63) is 0 Å². The third-order valence-electron chi connectivity index (χ3n) is 7.47. The van der Waals surface area contributed by atoms with E-state index in [0.29, 0.717) is 17.3 Å². The first-order valence-electron chi connectivity index (χ1n) is 8.44. The molecule has 0 aliphatic heterocycles. The highest BCUT2D eigenvalue weighted by molar-refractivity contribution is 5.06. The van der Waals surface area contributed by atoms with Gasteiger partial charge < -0.3 is 10.2 Å². The molecule has 8 atom stereocenters. The maximum Gasteiger partial charge on any atom is 0.0575 e. The van der Waals surface area contributed by atoms with Crippen molar-refractivity contribution < 1.29 is 10.2 Å². The van der Waals surface area contributed by atoms with Crippen LogP contribution < -0.4 is 0 Å². The molecule has 2 nitrogen and oxygen atoms in total. The molecule has 0 aromatic carbocycles. The van der Waals surface area contributed by atoms with Crippen LogP contribution in [0, 0.1) is 35.0 Å². The van der Waals surface area contributed by atoms with Crippen LogP contribution in [0.5, 0.6) is 0 Å². The summed E-state index contributed by atoms with van der Waals surface area (Å²) < 4.78 is 0. The lowest BCUT2D eigenvalue weighted by Crippen LogP contribution is -2.48. The highest BCUT2D eigenvalue weighted by Crippen LogP contribution is 2.62. The van der Waals surface area contributed by atoms with Crippen LogP contribution in [0.4, 0.5) is 0 Å². The Kier molecular flexibility index (Phi) is 2.80. The summed E-state index contributed by atoms with van der Waals surface area (Å²) in [5.41, 5.74) is 0.574. The summed E-state index contributed by atoms with van der Waals surface area (Å²) in [6.07, 6.45) is 9.54. The third kappa shape index (κ3) is 1.75. The molecule has 4 rings (SSSR count). The minimum absolute atomic E-state index is 0.133. The van der Waals surface area contributed by atoms with Crippen LogP contribution in [0.15, 0.2) is 0 Å². The van der Waals surface area contributed by atoms with Crippen molar-refractivity contribution in [2.45, 2.75) is 70.5 Å². The summed E-state index contributed by atoms with van der Waals surface area (Å²) in [6.45, 7) is 2.50. The van der Waals surface area contributed by atoms with Crippen molar-refractivity contribution in [1.82, 2.24) is 0 Å². The summed E-state index contributed by atoms with van der Waals surface area (Å²) in [7, 11) is 0. The van der Waals surface area contributed by atoms with Crippen molar-refractivity contribution in [3.8, 4) is 0 Å². The van der Waals surface area contributed by atoms with Gasteiger partial charge in [0, 0.05) is 0 Å². The highest BCUT2D eigenvalue weighted by atomic mass is 16.3. The van der Waals surface area contributed by atoms with Gasteiger partial charge in [-0.3, -0.25) is 0 Å². The van der Waals surface area contributed by atoms with Gasteiger partial charge in [0.25, 0.3) is 0 Å². The largest absolute Gasteiger partial charge is 0.393 e. The van der Waals surface area contributed by atoms with E-state index in [4.69, 9.17) is 0 Å². The summed E-state index contributed by atoms with van der Waals surface area (Å²) in [4.78, 5) is 0. The maximum atomic E-state index is 10.5. The number of aliphatic hydroxyl groups excluding tert-OH is 2. The summed E-state index contributed by atoms with van der Waals surface area (Å²) in [5, 5.41) is 20.5. The standard InChI is InChI=1S/C17H28O2/c1-17-5-2-3-15(17)13-9-16(19)14-8-10(18)7-12(14)11(13)4-6-17/h10-16,18-19H,2-9H2,1H3. The summed E-state index contributed by atoms with van der Waals surface area (Å²) in [6, 6.07) is 0. The van der Waals surface area contributed by atoms with Crippen LogP contribution in [0.1, 0.15) is 58.3 Å². The van der Waals surface area contributed by atoms with Gasteiger partial charge in [-0.25, -0.2) is 0 Å². The normalized spacial score (nSPS) is 60.5. The molecule has 4 aliphatic carbocycles. The van der Waals surface area contributed by atoms with Crippen molar-refractivity contribution >= 4 is 0 Å². The average molecular weight is 264 g/mol. The van der Waals surface area contributed by atoms with Crippen molar-refractivity contribution in [2.24, 2.45) is 35.0 Å². The molecule has 0 heterocycles. The molecule has 2 N–H and O–H groups in total. The van der Waals surface area contributed by atoms with E-state index in [1.807, 2.05) is 0 Å². The fourth-order valence-corrected chi connectivity index (χ4v) is 6.64. The minimum Gasteiger partial charge on any atom is -0.393 e. The Morgan fingerprint density at radius 1 is 0.842 bits per heavy atom. The molecule has 0 amide bonds. The van der Waals surface area contributed by atoms with E-state index in [9.17, 15) is 10.2 Å². The van der Waals surface area contributed by atoms with Crippen molar-refractivity contribution in [2.75, 3.05) is 0 Å². The predicted octanol–water partition coefficient (Wildman–Crippen LogP) is 2.97. The van der Waals surface area contributed by atoms with Gasteiger partial charge in [-0.2, -0.15) is 0 Å². The molecule has 2 heteroatoms. The third-order valence-corrected chi connectivity index (χ3v) is 7.47. The van der Waals surface area contributed by atoms with Gasteiger partial charge in [0.15, 0.2) is 0 Å². The first-order valence-corrected chi connectivity index (χ1v) is 8.44. The first kappa shape index (κ1) is 12.6. The van der Waals surface area contributed by atoms with Gasteiger partial charge in [0.2, 0.25) is 0 Å². The average Bonchev–Trinajstić information content (AvgIpc) is 2.92. The Morgan fingerprint density at radius 2 is 1.63 bits per heavy atom. The SMILES string of the molecule is CC12CCCC1C1CC(O)C3CC(O)CC3C1CC2. The molecule has 0 spiro atoms. The second-order valence-electron chi connectivity index (χ2n) is 8.28. The number of rotatable bonds is 0. The lowest BCUT2D eigenvalue weighted by atomic mass is 9.52. The zero-order valence-corrected chi connectivity index (χ0v) is 12.1. The molecule has 8 unspecified atom stereocenters. The zero-order chi connectivity index (χ0) is 13.2. The second-order valence-corrected chi connectivity index (χ2v) is 8.28. The molecule has 0 saturated heterocycles.